The highest BCUT2D eigenvalue weighted by atomic mass is 16.7. The van der Waals surface area contributed by atoms with Crippen LogP contribution in [0.1, 0.15) is 13.3 Å². The van der Waals surface area contributed by atoms with Gasteiger partial charge in [0, 0.05) is 12.3 Å². The van der Waals surface area contributed by atoms with Crippen LogP contribution >= 0.6 is 0 Å². The standard InChI is InChI=1S/C9H14O3/c1-5-7-4-11-6(2)12-9(7)3-8(5)10/h6-10H,1,3-4H2,2H3/t6-,7+,8+,9+/m1/s1. The van der Waals surface area contributed by atoms with Crippen LogP contribution in [0.5, 0.6) is 0 Å². The van der Waals surface area contributed by atoms with E-state index >= 15 is 0 Å². The van der Waals surface area contributed by atoms with Crippen molar-refractivity contribution in [2.45, 2.75) is 31.8 Å². The number of aliphatic hydroxyl groups excluding tert-OH is 1. The molecular weight excluding hydrogens is 156 g/mol. The quantitative estimate of drug-likeness (QED) is 0.543. The van der Waals surface area contributed by atoms with Crippen LogP contribution in [0.4, 0.5) is 0 Å². The fourth-order valence-electron chi connectivity index (χ4n) is 1.91. The molecule has 1 saturated heterocycles. The first-order valence-electron chi connectivity index (χ1n) is 4.32. The van der Waals surface area contributed by atoms with Crippen molar-refractivity contribution in [2.24, 2.45) is 5.92 Å². The van der Waals surface area contributed by atoms with Crippen molar-refractivity contribution in [1.29, 1.82) is 0 Å². The van der Waals surface area contributed by atoms with E-state index in [9.17, 15) is 5.11 Å². The Kier molecular flexibility index (Phi) is 1.94. The molecule has 1 heterocycles. The fraction of sp³-hybridized carbons (Fsp3) is 0.778. The van der Waals surface area contributed by atoms with Gasteiger partial charge in [0.25, 0.3) is 0 Å². The molecule has 0 unspecified atom stereocenters. The van der Waals surface area contributed by atoms with Crippen LogP contribution in [0, 0.1) is 5.92 Å². The van der Waals surface area contributed by atoms with Crippen LogP contribution in [0.15, 0.2) is 12.2 Å². The number of ether oxygens (including phenoxy) is 2. The van der Waals surface area contributed by atoms with Crippen molar-refractivity contribution in [2.75, 3.05) is 6.61 Å². The van der Waals surface area contributed by atoms with Crippen molar-refractivity contribution in [3.63, 3.8) is 0 Å². The summed E-state index contributed by atoms with van der Waals surface area (Å²) in [7, 11) is 0. The largest absolute Gasteiger partial charge is 0.389 e. The lowest BCUT2D eigenvalue weighted by molar-refractivity contribution is -0.215. The minimum atomic E-state index is -0.395. The van der Waals surface area contributed by atoms with Gasteiger partial charge in [0.05, 0.1) is 18.8 Å². The van der Waals surface area contributed by atoms with Crippen LogP contribution in [0.3, 0.4) is 0 Å². The van der Waals surface area contributed by atoms with Gasteiger partial charge in [-0.25, -0.2) is 0 Å². The smallest absolute Gasteiger partial charge is 0.155 e. The van der Waals surface area contributed by atoms with E-state index in [1.165, 1.54) is 0 Å². The maximum Gasteiger partial charge on any atom is 0.155 e. The average Bonchev–Trinajstić information content (AvgIpc) is 2.28. The van der Waals surface area contributed by atoms with E-state index in [1.807, 2.05) is 6.92 Å². The molecule has 0 spiro atoms. The molecule has 12 heavy (non-hydrogen) atoms. The summed E-state index contributed by atoms with van der Waals surface area (Å²) in [5, 5.41) is 9.48. The van der Waals surface area contributed by atoms with E-state index in [2.05, 4.69) is 6.58 Å². The highest BCUT2D eigenvalue weighted by Crippen LogP contribution is 2.36. The maximum absolute atomic E-state index is 9.48. The summed E-state index contributed by atoms with van der Waals surface area (Å²) in [6.45, 7) is 6.35. The Morgan fingerprint density at radius 2 is 2.33 bits per heavy atom. The summed E-state index contributed by atoms with van der Waals surface area (Å²) in [5.41, 5.74) is 0.868. The number of rotatable bonds is 0. The lowest BCUT2D eigenvalue weighted by Gasteiger charge is -2.30. The molecule has 0 bridgehead atoms. The second-order valence-corrected chi connectivity index (χ2v) is 3.51. The van der Waals surface area contributed by atoms with Gasteiger partial charge in [-0.15, -0.1) is 0 Å². The Balaban J connectivity index is 2.09. The van der Waals surface area contributed by atoms with Gasteiger partial charge in [-0.3, -0.25) is 0 Å². The van der Waals surface area contributed by atoms with Crippen LogP contribution in [0.25, 0.3) is 0 Å². The van der Waals surface area contributed by atoms with Gasteiger partial charge >= 0.3 is 0 Å². The molecule has 3 heteroatoms. The highest BCUT2D eigenvalue weighted by molar-refractivity contribution is 5.16. The van der Waals surface area contributed by atoms with E-state index in [-0.39, 0.29) is 18.3 Å². The van der Waals surface area contributed by atoms with Crippen molar-refractivity contribution in [3.05, 3.63) is 12.2 Å². The molecule has 0 aromatic heterocycles. The van der Waals surface area contributed by atoms with Gasteiger partial charge in [0.15, 0.2) is 6.29 Å². The topological polar surface area (TPSA) is 38.7 Å². The van der Waals surface area contributed by atoms with Crippen molar-refractivity contribution in [1.82, 2.24) is 0 Å². The summed E-state index contributed by atoms with van der Waals surface area (Å²) < 4.78 is 10.8. The van der Waals surface area contributed by atoms with Crippen molar-refractivity contribution in [3.8, 4) is 0 Å². The van der Waals surface area contributed by atoms with E-state index in [1.54, 1.807) is 0 Å². The normalized spacial score (nSPS) is 47.7. The molecule has 1 aliphatic carbocycles. The zero-order valence-corrected chi connectivity index (χ0v) is 7.19. The molecule has 0 radical (unpaired) electrons. The van der Waals surface area contributed by atoms with Gasteiger partial charge in [0.2, 0.25) is 0 Å². The zero-order valence-electron chi connectivity index (χ0n) is 7.19. The Bertz CT molecular complexity index is 202. The SMILES string of the molecule is C=C1[C@@H](O)C[C@@H]2O[C@H](C)OC[C@@H]12. The number of fused-ring (bicyclic) bond motifs is 1. The minimum absolute atomic E-state index is 0.122. The lowest BCUT2D eigenvalue weighted by Crippen LogP contribution is -2.35. The van der Waals surface area contributed by atoms with Crippen LogP contribution in [-0.4, -0.2) is 30.2 Å². The number of hydrogen-bond donors (Lipinski definition) is 1. The van der Waals surface area contributed by atoms with Gasteiger partial charge < -0.3 is 14.6 Å². The second-order valence-electron chi connectivity index (χ2n) is 3.51. The summed E-state index contributed by atoms with van der Waals surface area (Å²) in [6.07, 6.45) is 0.270. The Morgan fingerprint density at radius 3 is 3.08 bits per heavy atom. The third-order valence-electron chi connectivity index (χ3n) is 2.69. The average molecular weight is 170 g/mol. The Hall–Kier alpha value is -0.380. The monoisotopic (exact) mass is 170 g/mol. The second kappa shape index (κ2) is 2.83. The molecule has 0 aromatic rings. The third-order valence-corrected chi connectivity index (χ3v) is 2.69. The molecular formula is C9H14O3. The predicted octanol–water partition coefficient (Wildman–Crippen LogP) is 0.685. The molecule has 0 aromatic carbocycles. The van der Waals surface area contributed by atoms with Crippen molar-refractivity contribution < 1.29 is 14.6 Å². The maximum atomic E-state index is 9.48. The van der Waals surface area contributed by atoms with Gasteiger partial charge in [-0.05, 0) is 12.5 Å². The van der Waals surface area contributed by atoms with Crippen molar-refractivity contribution >= 4 is 0 Å². The number of aliphatic hydroxyl groups is 1. The van der Waals surface area contributed by atoms with E-state index in [4.69, 9.17) is 9.47 Å². The molecule has 1 aliphatic heterocycles. The van der Waals surface area contributed by atoms with Gasteiger partial charge in [-0.1, -0.05) is 6.58 Å². The fourth-order valence-corrected chi connectivity index (χ4v) is 1.91. The molecule has 2 fully saturated rings. The predicted molar refractivity (Wildman–Crippen MR) is 43.5 cm³/mol. The third kappa shape index (κ3) is 1.18. The summed E-state index contributed by atoms with van der Waals surface area (Å²) in [4.78, 5) is 0. The minimum Gasteiger partial charge on any atom is -0.389 e. The molecule has 1 saturated carbocycles. The molecule has 68 valence electrons. The van der Waals surface area contributed by atoms with E-state index in [0.717, 1.165) is 5.57 Å². The summed E-state index contributed by atoms with van der Waals surface area (Å²) in [6, 6.07) is 0. The molecule has 1 N–H and O–H groups in total. The van der Waals surface area contributed by atoms with E-state index < -0.39 is 6.10 Å². The summed E-state index contributed by atoms with van der Waals surface area (Å²) in [5.74, 6) is 0.205. The highest BCUT2D eigenvalue weighted by Gasteiger charge is 2.41. The van der Waals surface area contributed by atoms with Gasteiger partial charge in [-0.2, -0.15) is 0 Å². The zero-order chi connectivity index (χ0) is 8.72. The number of hydrogen-bond acceptors (Lipinski definition) is 3. The first-order valence-corrected chi connectivity index (χ1v) is 4.32. The molecule has 4 atom stereocenters. The molecule has 2 rings (SSSR count). The Labute approximate surface area is 72.0 Å². The summed E-state index contributed by atoms with van der Waals surface area (Å²) >= 11 is 0. The Morgan fingerprint density at radius 1 is 1.58 bits per heavy atom. The van der Waals surface area contributed by atoms with Crippen LogP contribution in [-0.2, 0) is 9.47 Å². The van der Waals surface area contributed by atoms with Crippen LogP contribution in [0.2, 0.25) is 0 Å². The lowest BCUT2D eigenvalue weighted by atomic mass is 10.0. The first kappa shape index (κ1) is 8.23. The molecule has 2 aliphatic rings. The first-order chi connectivity index (χ1) is 5.68. The van der Waals surface area contributed by atoms with E-state index in [0.29, 0.717) is 13.0 Å². The van der Waals surface area contributed by atoms with Gasteiger partial charge in [0.1, 0.15) is 0 Å². The molecule has 3 nitrogen and oxygen atoms in total. The molecule has 0 amide bonds. The van der Waals surface area contributed by atoms with Crippen LogP contribution < -0.4 is 0 Å².